The average molecular weight is 355 g/mol. The molecule has 2 aromatic rings. The average Bonchev–Trinajstić information content (AvgIpc) is 3.35. The summed E-state index contributed by atoms with van der Waals surface area (Å²) in [4.78, 5) is 15.2. The first kappa shape index (κ1) is 20.2. The van der Waals surface area contributed by atoms with Gasteiger partial charge in [0.15, 0.2) is 0 Å². The van der Waals surface area contributed by atoms with Crippen LogP contribution < -0.4 is 0 Å². The molecule has 0 fully saturated rings. The maximum atomic E-state index is 4.45. The van der Waals surface area contributed by atoms with E-state index in [1.165, 1.54) is 64.2 Å². The van der Waals surface area contributed by atoms with Crippen molar-refractivity contribution in [1.29, 1.82) is 0 Å². The van der Waals surface area contributed by atoms with Gasteiger partial charge in [-0.05, 0) is 37.1 Å². The van der Waals surface area contributed by atoms with E-state index in [4.69, 9.17) is 0 Å². The lowest BCUT2D eigenvalue weighted by molar-refractivity contribution is 0.555. The number of H-pyrrole nitrogens is 2. The van der Waals surface area contributed by atoms with Crippen LogP contribution in [0.5, 0.6) is 0 Å². The number of nitrogens with one attached hydrogen (secondary N) is 2. The molecule has 0 saturated heterocycles. The van der Waals surface area contributed by atoms with Crippen molar-refractivity contribution in [3.8, 4) is 0 Å². The minimum atomic E-state index is 0.950. The van der Waals surface area contributed by atoms with Gasteiger partial charge in [-0.3, -0.25) is 9.98 Å². The Balaban J connectivity index is 1.28. The molecule has 2 N–H and O–H groups in total. The summed E-state index contributed by atoms with van der Waals surface area (Å²) in [5, 5.41) is 0. The van der Waals surface area contributed by atoms with E-state index in [0.717, 1.165) is 24.5 Å². The first-order valence-corrected chi connectivity index (χ1v) is 10.2. The van der Waals surface area contributed by atoms with Gasteiger partial charge >= 0.3 is 0 Å². The number of hydrogen-bond acceptors (Lipinski definition) is 2. The molecule has 0 aliphatic rings. The zero-order valence-corrected chi connectivity index (χ0v) is 16.0. The normalized spacial score (nSPS) is 11.8. The largest absolute Gasteiger partial charge is 0.360 e. The highest BCUT2D eigenvalue weighted by Gasteiger charge is 1.93. The molecule has 2 rings (SSSR count). The second kappa shape index (κ2) is 14.1. The van der Waals surface area contributed by atoms with Crippen molar-refractivity contribution in [1.82, 2.24) is 9.97 Å². The van der Waals surface area contributed by atoms with Crippen molar-refractivity contribution >= 4 is 12.4 Å². The lowest BCUT2D eigenvalue weighted by atomic mass is 10.1. The Bertz CT molecular complexity index is 527. The van der Waals surface area contributed by atoms with Crippen LogP contribution in [0.4, 0.5) is 0 Å². The molecular weight excluding hydrogens is 320 g/mol. The van der Waals surface area contributed by atoms with Gasteiger partial charge in [0.2, 0.25) is 0 Å². The van der Waals surface area contributed by atoms with Gasteiger partial charge in [-0.15, -0.1) is 0 Å². The smallest absolute Gasteiger partial charge is 0.0561 e. The van der Waals surface area contributed by atoms with Crippen LogP contribution in [0.3, 0.4) is 0 Å². The predicted octanol–water partition coefficient (Wildman–Crippen LogP) is 5.78. The molecule has 0 bridgehead atoms. The fourth-order valence-electron chi connectivity index (χ4n) is 3.00. The van der Waals surface area contributed by atoms with Crippen LogP contribution in [0, 0.1) is 0 Å². The molecule has 4 heteroatoms. The Morgan fingerprint density at radius 1 is 0.577 bits per heavy atom. The molecule has 0 unspecified atom stereocenters. The Kier molecular flexibility index (Phi) is 11.0. The van der Waals surface area contributed by atoms with E-state index in [0.29, 0.717) is 0 Å². The van der Waals surface area contributed by atoms with Crippen molar-refractivity contribution in [2.75, 3.05) is 13.1 Å². The quantitative estimate of drug-likeness (QED) is 0.301. The topological polar surface area (TPSA) is 56.3 Å². The fourth-order valence-corrected chi connectivity index (χ4v) is 3.00. The van der Waals surface area contributed by atoms with Gasteiger partial charge < -0.3 is 9.97 Å². The first-order chi connectivity index (χ1) is 12.9. The number of rotatable bonds is 15. The molecule has 142 valence electrons. The van der Waals surface area contributed by atoms with Crippen molar-refractivity contribution < 1.29 is 0 Å². The molecule has 26 heavy (non-hydrogen) atoms. The molecule has 2 aromatic heterocycles. The minimum absolute atomic E-state index is 0.950. The number of nitrogens with zero attached hydrogens (tertiary/aromatic N) is 2. The molecule has 0 aliphatic heterocycles. The van der Waals surface area contributed by atoms with Crippen LogP contribution in [0.1, 0.15) is 75.6 Å². The Labute approximate surface area is 158 Å². The highest BCUT2D eigenvalue weighted by molar-refractivity contribution is 5.77. The summed E-state index contributed by atoms with van der Waals surface area (Å²) in [6, 6.07) is 8.08. The molecule has 2 heterocycles. The zero-order chi connectivity index (χ0) is 18.1. The van der Waals surface area contributed by atoms with Gasteiger partial charge in [0.25, 0.3) is 0 Å². The predicted molar refractivity (Wildman–Crippen MR) is 113 cm³/mol. The lowest BCUT2D eigenvalue weighted by Gasteiger charge is -2.01. The summed E-state index contributed by atoms with van der Waals surface area (Å²) in [7, 11) is 0. The summed E-state index contributed by atoms with van der Waals surface area (Å²) in [6.07, 6.45) is 21.0. The molecule has 0 aliphatic carbocycles. The first-order valence-electron chi connectivity index (χ1n) is 10.2. The number of aromatic nitrogens is 2. The number of hydrogen-bond donors (Lipinski definition) is 2. The molecule has 0 saturated carbocycles. The van der Waals surface area contributed by atoms with Gasteiger partial charge in [0.1, 0.15) is 0 Å². The molecule has 4 nitrogen and oxygen atoms in total. The van der Waals surface area contributed by atoms with E-state index < -0.39 is 0 Å². The molecular formula is C22H34N4. The Morgan fingerprint density at radius 2 is 0.962 bits per heavy atom. The SMILES string of the molecule is C(=NCCCCCCCCCCCCN=Cc1ccc[nH]1)c1ccc[nH]1. The summed E-state index contributed by atoms with van der Waals surface area (Å²) in [6.45, 7) is 1.90. The monoisotopic (exact) mass is 354 g/mol. The summed E-state index contributed by atoms with van der Waals surface area (Å²) in [5.74, 6) is 0. The summed E-state index contributed by atoms with van der Waals surface area (Å²) >= 11 is 0. The number of aliphatic imine (C=N–C) groups is 2. The van der Waals surface area contributed by atoms with Crippen LogP contribution in [-0.4, -0.2) is 35.5 Å². The number of unbranched alkanes of at least 4 members (excludes halogenated alkanes) is 9. The third-order valence-corrected chi connectivity index (χ3v) is 4.53. The highest BCUT2D eigenvalue weighted by atomic mass is 14.8. The van der Waals surface area contributed by atoms with E-state index in [9.17, 15) is 0 Å². The zero-order valence-electron chi connectivity index (χ0n) is 16.0. The standard InChI is InChI=1S/C22H34N4/c1(3-5-7-9-15-23-19-21-13-11-17-25-21)2-4-6-8-10-16-24-20-22-14-12-18-26-22/h11-14,17-20,25-26H,1-10,15-16H2. The third kappa shape index (κ3) is 10.0. The van der Waals surface area contributed by atoms with Gasteiger partial charge in [-0.25, -0.2) is 0 Å². The Hall–Kier alpha value is -2.10. The fraction of sp³-hybridized carbons (Fsp3) is 0.545. The number of aromatic amines is 2. The van der Waals surface area contributed by atoms with Gasteiger partial charge in [0, 0.05) is 37.9 Å². The second-order valence-electron chi connectivity index (χ2n) is 6.86. The molecule has 0 atom stereocenters. The minimum Gasteiger partial charge on any atom is -0.360 e. The lowest BCUT2D eigenvalue weighted by Crippen LogP contribution is -1.87. The van der Waals surface area contributed by atoms with Crippen LogP contribution in [0.15, 0.2) is 46.6 Å². The van der Waals surface area contributed by atoms with E-state index in [1.807, 2.05) is 49.1 Å². The van der Waals surface area contributed by atoms with Crippen molar-refractivity contribution in [3.63, 3.8) is 0 Å². The van der Waals surface area contributed by atoms with E-state index in [1.54, 1.807) is 0 Å². The van der Waals surface area contributed by atoms with E-state index in [2.05, 4.69) is 20.0 Å². The molecule has 0 aromatic carbocycles. The highest BCUT2D eigenvalue weighted by Crippen LogP contribution is 2.10. The molecule has 0 amide bonds. The summed E-state index contributed by atoms with van der Waals surface area (Å²) < 4.78 is 0. The van der Waals surface area contributed by atoms with Crippen molar-refractivity contribution in [2.24, 2.45) is 9.98 Å². The maximum Gasteiger partial charge on any atom is 0.0561 e. The second-order valence-corrected chi connectivity index (χ2v) is 6.86. The molecule has 0 radical (unpaired) electrons. The van der Waals surface area contributed by atoms with Crippen molar-refractivity contribution in [3.05, 3.63) is 48.0 Å². The van der Waals surface area contributed by atoms with E-state index in [-0.39, 0.29) is 0 Å². The van der Waals surface area contributed by atoms with Crippen LogP contribution in [0.2, 0.25) is 0 Å². The Morgan fingerprint density at radius 3 is 1.31 bits per heavy atom. The third-order valence-electron chi connectivity index (χ3n) is 4.53. The van der Waals surface area contributed by atoms with Crippen molar-refractivity contribution in [2.45, 2.75) is 64.2 Å². The maximum absolute atomic E-state index is 4.45. The summed E-state index contributed by atoms with van der Waals surface area (Å²) in [5.41, 5.74) is 2.19. The van der Waals surface area contributed by atoms with Crippen LogP contribution in [0.25, 0.3) is 0 Å². The van der Waals surface area contributed by atoms with Crippen LogP contribution >= 0.6 is 0 Å². The van der Waals surface area contributed by atoms with Crippen LogP contribution in [-0.2, 0) is 0 Å². The molecule has 0 spiro atoms. The van der Waals surface area contributed by atoms with Gasteiger partial charge in [-0.1, -0.05) is 51.4 Å². The van der Waals surface area contributed by atoms with Gasteiger partial charge in [-0.2, -0.15) is 0 Å². The van der Waals surface area contributed by atoms with Gasteiger partial charge in [0.05, 0.1) is 11.4 Å². The van der Waals surface area contributed by atoms with E-state index >= 15 is 0 Å².